The van der Waals surface area contributed by atoms with Crippen LogP contribution in [0.15, 0.2) is 41.3 Å². The zero-order valence-corrected chi connectivity index (χ0v) is 32.7. The third-order valence-electron chi connectivity index (χ3n) is 12.5. The van der Waals surface area contributed by atoms with Gasteiger partial charge in [0.05, 0.1) is 37.5 Å². The summed E-state index contributed by atoms with van der Waals surface area (Å²) in [5, 5.41) is 4.89. The average Bonchev–Trinajstić information content (AvgIpc) is 3.45. The van der Waals surface area contributed by atoms with Crippen LogP contribution in [0.3, 0.4) is 0 Å². The average molecular weight is 775 g/mol. The summed E-state index contributed by atoms with van der Waals surface area (Å²) in [7, 11) is 6.65. The number of hydrogen-bond acceptors (Lipinski definition) is 9. The van der Waals surface area contributed by atoms with Gasteiger partial charge >= 0.3 is 6.03 Å². The second-order valence-corrected chi connectivity index (χ2v) is 15.9. The number of fused-ring (bicyclic) bond motifs is 2. The molecule has 14 nitrogen and oxygen atoms in total. The van der Waals surface area contributed by atoms with E-state index in [1.54, 1.807) is 56.0 Å². The van der Waals surface area contributed by atoms with Gasteiger partial charge in [-0.3, -0.25) is 39.1 Å². The molecule has 5 aliphatic rings. The molecule has 1 atom stereocenters. The van der Waals surface area contributed by atoms with Gasteiger partial charge in [0.2, 0.25) is 11.8 Å². The summed E-state index contributed by atoms with van der Waals surface area (Å²) in [6.45, 7) is 3.28. The number of ether oxygens (including phenoxy) is 2. The van der Waals surface area contributed by atoms with Crippen molar-refractivity contribution in [1.29, 1.82) is 0 Å². The van der Waals surface area contributed by atoms with Crippen molar-refractivity contribution in [2.24, 2.45) is 18.4 Å². The van der Waals surface area contributed by atoms with Gasteiger partial charge in [-0.05, 0) is 98.5 Å². The quantitative estimate of drug-likeness (QED) is 0.284. The molecule has 1 aromatic heterocycles. The van der Waals surface area contributed by atoms with Crippen molar-refractivity contribution < 1.29 is 33.4 Å². The molecule has 1 unspecified atom stereocenters. The number of pyridine rings is 1. The lowest BCUT2D eigenvalue weighted by Gasteiger charge is -2.51. The fourth-order valence-electron chi connectivity index (χ4n) is 9.31. The van der Waals surface area contributed by atoms with E-state index >= 15 is 0 Å². The first-order valence-corrected chi connectivity index (χ1v) is 19.5. The maximum atomic E-state index is 13.2. The third kappa shape index (κ3) is 6.84. The van der Waals surface area contributed by atoms with E-state index in [1.807, 2.05) is 18.3 Å². The number of nitrogens with zero attached hydrogens (tertiary/aromatic N) is 4. The van der Waals surface area contributed by atoms with Crippen molar-refractivity contribution in [3.63, 3.8) is 0 Å². The first-order chi connectivity index (χ1) is 27.4. The highest BCUT2D eigenvalue weighted by Crippen LogP contribution is 2.52. The van der Waals surface area contributed by atoms with Crippen molar-refractivity contribution in [2.45, 2.75) is 64.1 Å². The number of benzene rings is 2. The van der Waals surface area contributed by atoms with E-state index in [4.69, 9.17) is 9.47 Å². The number of imide groups is 2. The Morgan fingerprint density at radius 2 is 1.61 bits per heavy atom. The molecule has 2 saturated heterocycles. The maximum Gasteiger partial charge on any atom is 0.317 e. The highest BCUT2D eigenvalue weighted by Gasteiger charge is 2.46. The molecule has 3 aromatic rings. The fourth-order valence-corrected chi connectivity index (χ4v) is 9.31. The number of rotatable bonds is 6. The molecule has 2 N–H and O–H groups in total. The summed E-state index contributed by atoms with van der Waals surface area (Å²) in [5.74, 6) is 6.21. The van der Waals surface area contributed by atoms with E-state index in [1.165, 1.54) is 0 Å². The first kappa shape index (κ1) is 38.0. The summed E-state index contributed by atoms with van der Waals surface area (Å²) in [6, 6.07) is 7.81. The largest absolute Gasteiger partial charge is 0.496 e. The molecule has 3 fully saturated rings. The topological polar surface area (TPSA) is 160 Å². The number of likely N-dealkylation sites (tertiary alicyclic amines) is 1. The zero-order valence-electron chi connectivity index (χ0n) is 32.7. The Kier molecular flexibility index (Phi) is 9.89. The Morgan fingerprint density at radius 3 is 2.28 bits per heavy atom. The van der Waals surface area contributed by atoms with Crippen LogP contribution in [0.5, 0.6) is 11.5 Å². The van der Waals surface area contributed by atoms with E-state index in [2.05, 4.69) is 27.4 Å². The summed E-state index contributed by atoms with van der Waals surface area (Å²) < 4.78 is 13.5. The SMILES string of the molecule is CNC(=O)N1CCc2c(-c3cc(OC)c(CN4CCC5(CC4)CC(C#Cc4ccc6c(c4)C(=O)N(C4CCC(=O)NC4=O)C6=O)C5)c(OC)c3)cn(C)c(=O)c2C1. The number of amides is 6. The van der Waals surface area contributed by atoms with Crippen molar-refractivity contribution >= 4 is 29.7 Å². The Labute approximate surface area is 330 Å². The molecule has 1 saturated carbocycles. The molecule has 6 amide bonds. The number of carbonyl (C=O) groups excluding carboxylic acids is 5. The minimum absolute atomic E-state index is 0.0741. The molecule has 57 heavy (non-hydrogen) atoms. The Hall–Kier alpha value is -5.94. The number of hydrogen-bond donors (Lipinski definition) is 2. The van der Waals surface area contributed by atoms with Gasteiger partial charge in [-0.1, -0.05) is 11.8 Å². The summed E-state index contributed by atoms with van der Waals surface area (Å²) in [6.07, 6.45) is 6.73. The predicted molar refractivity (Wildman–Crippen MR) is 208 cm³/mol. The van der Waals surface area contributed by atoms with Gasteiger partial charge in [0.25, 0.3) is 17.4 Å². The molecule has 2 aromatic carbocycles. The fraction of sp³-hybridized carbons (Fsp3) is 0.442. The van der Waals surface area contributed by atoms with Gasteiger partial charge in [0.15, 0.2) is 0 Å². The van der Waals surface area contributed by atoms with Gasteiger partial charge in [0.1, 0.15) is 17.5 Å². The molecule has 0 radical (unpaired) electrons. The van der Waals surface area contributed by atoms with Crippen LogP contribution < -0.4 is 25.7 Å². The molecular formula is C43H46N6O8. The molecule has 4 aliphatic heterocycles. The third-order valence-corrected chi connectivity index (χ3v) is 12.5. The minimum atomic E-state index is -0.998. The minimum Gasteiger partial charge on any atom is -0.496 e. The lowest BCUT2D eigenvalue weighted by Crippen LogP contribution is -2.54. The van der Waals surface area contributed by atoms with Gasteiger partial charge < -0.3 is 24.3 Å². The molecule has 8 rings (SSSR count). The van der Waals surface area contributed by atoms with Gasteiger partial charge in [-0.15, -0.1) is 0 Å². The highest BCUT2D eigenvalue weighted by molar-refractivity contribution is 6.23. The standard InChI is InChI=1S/C43H46N6O8/c1-44-42(55)48-14-11-28-31(22-46(2)39(52)32(28)24-48)27-18-35(56-3)33(36(19-27)57-4)23-47-15-12-43(13-16-47)20-26(21-43)6-5-25-7-8-29-30(17-25)41(54)49(40(29)53)34-9-10-37(50)45-38(34)51/h7-8,17-19,22,26,34H,9-16,20-21,23-24H2,1-4H3,(H,44,55)(H,45,50,51). The lowest BCUT2D eigenvalue weighted by molar-refractivity contribution is -0.136. The highest BCUT2D eigenvalue weighted by atomic mass is 16.5. The molecule has 5 heterocycles. The van der Waals surface area contributed by atoms with Crippen LogP contribution in [0, 0.1) is 23.2 Å². The number of aryl methyl sites for hydroxylation is 1. The van der Waals surface area contributed by atoms with Crippen molar-refractivity contribution in [1.82, 2.24) is 29.9 Å². The van der Waals surface area contributed by atoms with Crippen molar-refractivity contribution in [2.75, 3.05) is 40.9 Å². The molecule has 1 spiro atoms. The van der Waals surface area contributed by atoms with Gasteiger partial charge in [-0.2, -0.15) is 0 Å². The number of urea groups is 1. The smallest absolute Gasteiger partial charge is 0.317 e. The zero-order chi connectivity index (χ0) is 40.2. The Balaban J connectivity index is 0.907. The van der Waals surface area contributed by atoms with Crippen LogP contribution in [0.4, 0.5) is 4.79 Å². The monoisotopic (exact) mass is 774 g/mol. The van der Waals surface area contributed by atoms with Crippen LogP contribution in [0.25, 0.3) is 11.1 Å². The maximum absolute atomic E-state index is 13.2. The van der Waals surface area contributed by atoms with Crippen molar-refractivity contribution in [3.05, 3.63) is 80.3 Å². The summed E-state index contributed by atoms with van der Waals surface area (Å²) >= 11 is 0. The molecule has 1 aliphatic carbocycles. The van der Waals surface area contributed by atoms with Crippen LogP contribution in [0.1, 0.15) is 81.5 Å². The Bertz CT molecular complexity index is 2320. The van der Waals surface area contributed by atoms with E-state index in [0.29, 0.717) is 30.6 Å². The van der Waals surface area contributed by atoms with E-state index < -0.39 is 29.7 Å². The number of aromatic nitrogens is 1. The molecule has 296 valence electrons. The first-order valence-electron chi connectivity index (χ1n) is 19.5. The van der Waals surface area contributed by atoms with E-state index in [-0.39, 0.29) is 53.4 Å². The van der Waals surface area contributed by atoms with Gasteiger partial charge in [-0.25, -0.2) is 4.79 Å². The second-order valence-electron chi connectivity index (χ2n) is 15.9. The van der Waals surface area contributed by atoms with Crippen LogP contribution >= 0.6 is 0 Å². The van der Waals surface area contributed by atoms with Crippen LogP contribution in [-0.2, 0) is 36.1 Å². The van der Waals surface area contributed by atoms with Crippen LogP contribution in [0.2, 0.25) is 0 Å². The van der Waals surface area contributed by atoms with Crippen LogP contribution in [-0.4, -0.2) is 95.9 Å². The van der Waals surface area contributed by atoms with Crippen molar-refractivity contribution in [3.8, 4) is 34.5 Å². The molecule has 14 heteroatoms. The number of carbonyl (C=O) groups is 5. The lowest BCUT2D eigenvalue weighted by atomic mass is 9.58. The number of methoxy groups -OCH3 is 2. The summed E-state index contributed by atoms with van der Waals surface area (Å²) in [5.41, 5.74) is 5.60. The van der Waals surface area contributed by atoms with Gasteiger partial charge in [0, 0.05) is 62.4 Å². The predicted octanol–water partition coefficient (Wildman–Crippen LogP) is 3.21. The number of nitrogens with one attached hydrogen (secondary N) is 2. The second kappa shape index (κ2) is 14.9. The molecule has 0 bridgehead atoms. The van der Waals surface area contributed by atoms with E-state index in [0.717, 1.165) is 77.4 Å². The summed E-state index contributed by atoms with van der Waals surface area (Å²) in [4.78, 5) is 80.9. The Morgan fingerprint density at radius 1 is 0.912 bits per heavy atom. The molecular weight excluding hydrogens is 729 g/mol. The van der Waals surface area contributed by atoms with E-state index in [9.17, 15) is 28.8 Å². The number of piperidine rings is 2. The normalized spacial score (nSPS) is 20.3.